The van der Waals surface area contributed by atoms with E-state index in [1.54, 1.807) is 18.2 Å². The van der Waals surface area contributed by atoms with E-state index >= 15 is 0 Å². The van der Waals surface area contributed by atoms with E-state index in [9.17, 15) is 14.7 Å². The summed E-state index contributed by atoms with van der Waals surface area (Å²) in [7, 11) is 1.45. The number of carbonyl (C=O) groups excluding carboxylic acids is 2. The lowest BCUT2D eigenvalue weighted by molar-refractivity contribution is -0.126. The van der Waals surface area contributed by atoms with Gasteiger partial charge in [0, 0.05) is 16.7 Å². The number of hydrazine groups is 1. The number of guanidine groups is 1. The molecule has 0 saturated heterocycles. The maximum atomic E-state index is 14.0. The lowest BCUT2D eigenvalue weighted by Crippen LogP contribution is -2.65. The number of nitrogens with one attached hydrogen (secondary N) is 3. The number of hydrazone groups is 1. The van der Waals surface area contributed by atoms with E-state index in [4.69, 9.17) is 4.74 Å². The molecule has 4 aromatic rings. The minimum Gasteiger partial charge on any atom is -0.504 e. The Morgan fingerprint density at radius 1 is 0.881 bits per heavy atom. The first-order valence-electron chi connectivity index (χ1n) is 13.2. The Kier molecular flexibility index (Phi) is 5.75. The summed E-state index contributed by atoms with van der Waals surface area (Å²) < 4.78 is 5.20. The Labute approximate surface area is 240 Å². The molecule has 1 spiro atoms. The van der Waals surface area contributed by atoms with Gasteiger partial charge in [-0.3, -0.25) is 25.8 Å². The molecular formula is C32H24N6O4. The van der Waals surface area contributed by atoms with Gasteiger partial charge in [0.25, 0.3) is 11.8 Å². The molecule has 7 rings (SSSR count). The van der Waals surface area contributed by atoms with Crippen molar-refractivity contribution in [1.82, 2.24) is 21.2 Å². The number of carbonyl (C=O) groups is 2. The van der Waals surface area contributed by atoms with Gasteiger partial charge in [-0.25, -0.2) is 4.99 Å². The molecule has 4 N–H and O–H groups in total. The molecule has 0 aromatic heterocycles. The third-order valence-corrected chi connectivity index (χ3v) is 7.48. The highest BCUT2D eigenvalue weighted by Crippen LogP contribution is 2.48. The highest BCUT2D eigenvalue weighted by atomic mass is 16.5. The summed E-state index contributed by atoms with van der Waals surface area (Å²) in [6.07, 6.45) is 1.58. The summed E-state index contributed by atoms with van der Waals surface area (Å²) >= 11 is 0. The van der Waals surface area contributed by atoms with E-state index in [0.717, 1.165) is 22.3 Å². The molecule has 42 heavy (non-hydrogen) atoms. The Balaban J connectivity index is 1.30. The lowest BCUT2D eigenvalue weighted by atomic mass is 9.86. The van der Waals surface area contributed by atoms with Crippen LogP contribution in [0.5, 0.6) is 11.5 Å². The SMILES string of the molecule is COc1cc(/C=C2/N=C(c3ccccc3)N(C3=NNC4(C(=O)N3)c3ccccc3-c3ccccc34)NC2=O)ccc1O. The van der Waals surface area contributed by atoms with E-state index in [1.165, 1.54) is 18.2 Å². The van der Waals surface area contributed by atoms with Crippen LogP contribution >= 0.6 is 0 Å². The maximum Gasteiger partial charge on any atom is 0.288 e. The van der Waals surface area contributed by atoms with Crippen LogP contribution in [0.25, 0.3) is 17.2 Å². The number of hydrogen-bond donors (Lipinski definition) is 4. The molecule has 0 fully saturated rings. The van der Waals surface area contributed by atoms with Crippen LogP contribution in [-0.4, -0.2) is 40.8 Å². The van der Waals surface area contributed by atoms with Gasteiger partial charge in [-0.05, 0) is 34.9 Å². The van der Waals surface area contributed by atoms with Crippen molar-refractivity contribution >= 4 is 29.7 Å². The number of ether oxygens (including phenoxy) is 1. The summed E-state index contributed by atoms with van der Waals surface area (Å²) in [6.45, 7) is 0. The fraction of sp³-hybridized carbons (Fsp3) is 0.0625. The third-order valence-electron chi connectivity index (χ3n) is 7.48. The molecule has 0 unspecified atom stereocenters. The summed E-state index contributed by atoms with van der Waals surface area (Å²) in [5.74, 6) is -0.204. The number of methoxy groups -OCH3 is 1. The second-order valence-corrected chi connectivity index (χ2v) is 9.88. The van der Waals surface area contributed by atoms with E-state index in [2.05, 4.69) is 26.3 Å². The summed E-state index contributed by atoms with van der Waals surface area (Å²) in [4.78, 5) is 32.0. The monoisotopic (exact) mass is 556 g/mol. The van der Waals surface area contributed by atoms with Crippen molar-refractivity contribution < 1.29 is 19.4 Å². The van der Waals surface area contributed by atoms with Gasteiger partial charge < -0.3 is 9.84 Å². The Morgan fingerprint density at radius 2 is 1.55 bits per heavy atom. The van der Waals surface area contributed by atoms with Gasteiger partial charge in [0.05, 0.1) is 7.11 Å². The molecule has 2 heterocycles. The standard InChI is InChI=1S/C32H24N6O4/c1-42-27-18-19(15-16-26(27)39)17-25-29(40)36-38(28(33-25)20-9-3-2-4-10-20)31-34-30(41)32(37-35-31)23-13-7-5-11-21(23)22-12-6-8-14-24(22)32/h2-18,37,39H,1H3,(H,36,40)(H,34,35,41)/b25-17+. The fourth-order valence-electron chi connectivity index (χ4n) is 5.52. The summed E-state index contributed by atoms with van der Waals surface area (Å²) in [5.41, 5.74) is 9.60. The first kappa shape index (κ1) is 25.1. The van der Waals surface area contributed by atoms with Crippen molar-refractivity contribution in [2.24, 2.45) is 10.1 Å². The van der Waals surface area contributed by atoms with Crippen molar-refractivity contribution in [3.63, 3.8) is 0 Å². The number of hydrogen-bond acceptors (Lipinski definition) is 8. The number of benzene rings is 4. The van der Waals surface area contributed by atoms with Crippen LogP contribution < -0.4 is 20.9 Å². The van der Waals surface area contributed by atoms with Crippen LogP contribution in [0.15, 0.2) is 113 Å². The first-order valence-corrected chi connectivity index (χ1v) is 13.2. The van der Waals surface area contributed by atoms with Crippen molar-refractivity contribution in [2.75, 3.05) is 7.11 Å². The lowest BCUT2D eigenvalue weighted by Gasteiger charge is -2.38. The van der Waals surface area contributed by atoms with E-state index < -0.39 is 11.4 Å². The third kappa shape index (κ3) is 3.80. The molecule has 10 nitrogen and oxygen atoms in total. The quantitative estimate of drug-likeness (QED) is 0.286. The molecule has 0 radical (unpaired) electrons. The number of fused-ring (bicyclic) bond motifs is 5. The van der Waals surface area contributed by atoms with E-state index in [-0.39, 0.29) is 29.1 Å². The number of amidine groups is 1. The highest BCUT2D eigenvalue weighted by molar-refractivity contribution is 6.19. The molecule has 206 valence electrons. The topological polar surface area (TPSA) is 128 Å². The zero-order chi connectivity index (χ0) is 28.8. The molecule has 3 aliphatic rings. The number of rotatable bonds is 3. The molecule has 0 saturated carbocycles. The van der Waals surface area contributed by atoms with Crippen LogP contribution in [0.3, 0.4) is 0 Å². The number of nitrogens with zero attached hydrogens (tertiary/aromatic N) is 3. The van der Waals surface area contributed by atoms with Crippen molar-refractivity contribution in [3.8, 4) is 22.6 Å². The second kappa shape index (κ2) is 9.63. The molecule has 4 aromatic carbocycles. The number of amides is 2. The maximum absolute atomic E-state index is 14.0. The molecular weight excluding hydrogens is 532 g/mol. The van der Waals surface area contributed by atoms with Gasteiger partial charge in [0.15, 0.2) is 22.9 Å². The number of aliphatic imine (C=N–C) groups is 1. The predicted molar refractivity (Wildman–Crippen MR) is 157 cm³/mol. The summed E-state index contributed by atoms with van der Waals surface area (Å²) in [5, 5.41) is 18.8. The minimum absolute atomic E-state index is 0.0174. The van der Waals surface area contributed by atoms with E-state index in [0.29, 0.717) is 17.0 Å². The van der Waals surface area contributed by atoms with Crippen LogP contribution in [-0.2, 0) is 15.1 Å². The van der Waals surface area contributed by atoms with Crippen molar-refractivity contribution in [3.05, 3.63) is 125 Å². The highest BCUT2D eigenvalue weighted by Gasteiger charge is 2.52. The largest absolute Gasteiger partial charge is 0.504 e. The van der Waals surface area contributed by atoms with Crippen molar-refractivity contribution in [1.29, 1.82) is 0 Å². The van der Waals surface area contributed by atoms with Gasteiger partial charge in [-0.1, -0.05) is 84.9 Å². The zero-order valence-electron chi connectivity index (χ0n) is 22.3. The minimum atomic E-state index is -1.23. The smallest absolute Gasteiger partial charge is 0.288 e. The van der Waals surface area contributed by atoms with Crippen LogP contribution in [0.1, 0.15) is 22.3 Å². The molecule has 0 bridgehead atoms. The van der Waals surface area contributed by atoms with Gasteiger partial charge in [-0.15, -0.1) is 5.10 Å². The second-order valence-electron chi connectivity index (χ2n) is 9.88. The Hall–Kier alpha value is -5.90. The Bertz CT molecular complexity index is 1820. The van der Waals surface area contributed by atoms with Gasteiger partial charge in [0.1, 0.15) is 5.70 Å². The van der Waals surface area contributed by atoms with Crippen LogP contribution in [0.4, 0.5) is 0 Å². The fourth-order valence-corrected chi connectivity index (χ4v) is 5.52. The average Bonchev–Trinajstić information content (AvgIpc) is 3.31. The Morgan fingerprint density at radius 3 is 2.21 bits per heavy atom. The number of phenolic OH excluding ortho intramolecular Hbond substituents is 1. The summed E-state index contributed by atoms with van der Waals surface area (Å²) in [6, 6.07) is 29.4. The van der Waals surface area contributed by atoms with E-state index in [1.807, 2.05) is 78.9 Å². The van der Waals surface area contributed by atoms with Gasteiger partial charge >= 0.3 is 0 Å². The number of aromatic hydroxyl groups is 1. The molecule has 10 heteroatoms. The van der Waals surface area contributed by atoms with Gasteiger partial charge in [-0.2, -0.15) is 5.01 Å². The predicted octanol–water partition coefficient (Wildman–Crippen LogP) is 3.45. The zero-order valence-corrected chi connectivity index (χ0v) is 22.3. The first-order chi connectivity index (χ1) is 20.5. The normalized spacial score (nSPS) is 17.5. The molecule has 2 amide bonds. The molecule has 1 aliphatic carbocycles. The average molecular weight is 557 g/mol. The molecule has 2 aliphatic heterocycles. The number of phenols is 1. The van der Waals surface area contributed by atoms with Gasteiger partial charge in [0.2, 0.25) is 5.96 Å². The molecule has 0 atom stereocenters. The van der Waals surface area contributed by atoms with Crippen LogP contribution in [0, 0.1) is 0 Å². The van der Waals surface area contributed by atoms with Crippen molar-refractivity contribution in [2.45, 2.75) is 5.54 Å². The van der Waals surface area contributed by atoms with Crippen LogP contribution in [0.2, 0.25) is 0 Å².